The molecule has 1 aromatic rings. The van der Waals surface area contributed by atoms with Crippen molar-refractivity contribution >= 4 is 5.91 Å². The van der Waals surface area contributed by atoms with Crippen LogP contribution in [0.1, 0.15) is 38.2 Å². The van der Waals surface area contributed by atoms with Crippen LogP contribution in [0.3, 0.4) is 0 Å². The summed E-state index contributed by atoms with van der Waals surface area (Å²) >= 11 is 0. The Kier molecular flexibility index (Phi) is 3.48. The summed E-state index contributed by atoms with van der Waals surface area (Å²) in [7, 11) is 0. The summed E-state index contributed by atoms with van der Waals surface area (Å²) in [6.45, 7) is 9.79. The Labute approximate surface area is 109 Å². The van der Waals surface area contributed by atoms with Crippen LogP contribution in [-0.4, -0.2) is 28.0 Å². The maximum Gasteiger partial charge on any atom is 0.240 e. The molecule has 100 valence electrons. The molecule has 2 atom stereocenters. The van der Waals surface area contributed by atoms with Gasteiger partial charge in [0.15, 0.2) is 0 Å². The highest BCUT2D eigenvalue weighted by Gasteiger charge is 2.31. The lowest BCUT2D eigenvalue weighted by Gasteiger charge is -2.37. The third-order valence-corrected chi connectivity index (χ3v) is 3.98. The van der Waals surface area contributed by atoms with Crippen LogP contribution in [0.25, 0.3) is 0 Å². The second-order valence-electron chi connectivity index (χ2n) is 5.53. The summed E-state index contributed by atoms with van der Waals surface area (Å²) in [5.41, 5.74) is 8.45. The van der Waals surface area contributed by atoms with Gasteiger partial charge in [0.05, 0.1) is 12.1 Å². The predicted octanol–water partition coefficient (Wildman–Crippen LogP) is 1.68. The Morgan fingerprint density at radius 1 is 1.39 bits per heavy atom. The summed E-state index contributed by atoms with van der Waals surface area (Å²) < 4.78 is 2.29. The zero-order valence-corrected chi connectivity index (χ0v) is 11.7. The predicted molar refractivity (Wildman–Crippen MR) is 72.1 cm³/mol. The van der Waals surface area contributed by atoms with E-state index in [1.165, 1.54) is 11.4 Å². The molecule has 18 heavy (non-hydrogen) atoms. The number of carbonyl (C=O) groups excluding carboxylic acids is 1. The summed E-state index contributed by atoms with van der Waals surface area (Å²) in [5, 5.41) is 0. The van der Waals surface area contributed by atoms with E-state index in [1.807, 2.05) is 18.7 Å². The van der Waals surface area contributed by atoms with Crippen molar-refractivity contribution in [3.05, 3.63) is 23.5 Å². The molecule has 0 bridgehead atoms. The van der Waals surface area contributed by atoms with E-state index in [0.717, 1.165) is 13.1 Å². The maximum absolute atomic E-state index is 12.4. The molecule has 4 heteroatoms. The molecular formula is C14H23N3O. The first-order valence-corrected chi connectivity index (χ1v) is 6.65. The highest BCUT2D eigenvalue weighted by molar-refractivity contribution is 5.82. The van der Waals surface area contributed by atoms with E-state index >= 15 is 0 Å². The van der Waals surface area contributed by atoms with Crippen molar-refractivity contribution < 1.29 is 4.79 Å². The third-order valence-electron chi connectivity index (χ3n) is 3.98. The van der Waals surface area contributed by atoms with Gasteiger partial charge < -0.3 is 15.2 Å². The lowest BCUT2D eigenvalue weighted by atomic mass is 10.0. The van der Waals surface area contributed by atoms with Crippen molar-refractivity contribution in [3.63, 3.8) is 0 Å². The van der Waals surface area contributed by atoms with Gasteiger partial charge in [-0.05, 0) is 31.9 Å². The second-order valence-corrected chi connectivity index (χ2v) is 5.53. The molecule has 0 saturated heterocycles. The van der Waals surface area contributed by atoms with Gasteiger partial charge in [-0.3, -0.25) is 4.79 Å². The molecule has 0 spiro atoms. The zero-order valence-electron chi connectivity index (χ0n) is 11.7. The van der Waals surface area contributed by atoms with Crippen LogP contribution in [0.2, 0.25) is 0 Å². The van der Waals surface area contributed by atoms with E-state index < -0.39 is 6.04 Å². The van der Waals surface area contributed by atoms with Gasteiger partial charge in [0.25, 0.3) is 0 Å². The number of aromatic nitrogens is 1. The normalized spacial score (nSPS) is 21.0. The Hall–Kier alpha value is -1.29. The topological polar surface area (TPSA) is 51.3 Å². The largest absolute Gasteiger partial charge is 0.345 e. The van der Waals surface area contributed by atoms with Gasteiger partial charge in [0.2, 0.25) is 5.91 Å². The third kappa shape index (κ3) is 2.05. The van der Waals surface area contributed by atoms with Crippen LogP contribution in [0.5, 0.6) is 0 Å². The summed E-state index contributed by atoms with van der Waals surface area (Å²) in [6, 6.07) is 3.95. The van der Waals surface area contributed by atoms with Gasteiger partial charge in [0.1, 0.15) is 0 Å². The van der Waals surface area contributed by atoms with Crippen molar-refractivity contribution in [3.8, 4) is 0 Å². The molecule has 1 aliphatic heterocycles. The average Bonchev–Trinajstić information content (AvgIpc) is 2.71. The van der Waals surface area contributed by atoms with E-state index in [1.54, 1.807) is 0 Å². The maximum atomic E-state index is 12.4. The number of nitrogens with two attached hydrogens (primary N) is 1. The lowest BCUT2D eigenvalue weighted by Crippen LogP contribution is -2.50. The standard InChI is InChI=1S/C14H23N3O/c1-9(2)13(15)14(18)17-8-7-16-10(3)5-6-12(16)11(17)4/h5-6,9,11,13H,7-8,15H2,1-4H3/t11?,13-/m1/s1. The van der Waals surface area contributed by atoms with Gasteiger partial charge in [-0.2, -0.15) is 0 Å². The van der Waals surface area contributed by atoms with Crippen molar-refractivity contribution in [2.24, 2.45) is 11.7 Å². The molecule has 4 nitrogen and oxygen atoms in total. The molecule has 1 aromatic heterocycles. The van der Waals surface area contributed by atoms with Gasteiger partial charge in [0, 0.05) is 24.5 Å². The van der Waals surface area contributed by atoms with E-state index in [2.05, 4.69) is 30.5 Å². The first-order valence-electron chi connectivity index (χ1n) is 6.65. The van der Waals surface area contributed by atoms with Gasteiger partial charge in [-0.25, -0.2) is 0 Å². The zero-order chi connectivity index (χ0) is 13.4. The first kappa shape index (κ1) is 13.1. The number of nitrogens with zero attached hydrogens (tertiary/aromatic N) is 2. The Morgan fingerprint density at radius 3 is 2.67 bits per heavy atom. The fourth-order valence-electron chi connectivity index (χ4n) is 2.60. The van der Waals surface area contributed by atoms with E-state index in [9.17, 15) is 4.79 Å². The summed E-state index contributed by atoms with van der Waals surface area (Å²) in [4.78, 5) is 14.3. The number of amides is 1. The number of fused-ring (bicyclic) bond motifs is 1. The molecule has 2 heterocycles. The minimum absolute atomic E-state index is 0.0719. The van der Waals surface area contributed by atoms with Crippen LogP contribution in [-0.2, 0) is 11.3 Å². The first-order chi connectivity index (χ1) is 8.43. The van der Waals surface area contributed by atoms with Crippen LogP contribution < -0.4 is 5.73 Å². The molecular weight excluding hydrogens is 226 g/mol. The molecule has 0 radical (unpaired) electrons. The van der Waals surface area contributed by atoms with Crippen molar-refractivity contribution in [2.45, 2.75) is 46.3 Å². The molecule has 0 aliphatic carbocycles. The molecule has 1 aliphatic rings. The minimum atomic E-state index is -0.393. The smallest absolute Gasteiger partial charge is 0.240 e. The van der Waals surface area contributed by atoms with Crippen molar-refractivity contribution in [1.29, 1.82) is 0 Å². The second kappa shape index (κ2) is 4.76. The Morgan fingerprint density at radius 2 is 2.06 bits per heavy atom. The summed E-state index contributed by atoms with van der Waals surface area (Å²) in [5.74, 6) is 0.253. The van der Waals surface area contributed by atoms with Gasteiger partial charge in [-0.1, -0.05) is 13.8 Å². The van der Waals surface area contributed by atoms with Crippen molar-refractivity contribution in [1.82, 2.24) is 9.47 Å². The Balaban J connectivity index is 2.21. The van der Waals surface area contributed by atoms with Crippen LogP contribution in [0.15, 0.2) is 12.1 Å². The number of rotatable bonds is 2. The molecule has 2 N–H and O–H groups in total. The Bertz CT molecular complexity index is 450. The number of hydrogen-bond donors (Lipinski definition) is 1. The lowest BCUT2D eigenvalue weighted by molar-refractivity contribution is -0.136. The van der Waals surface area contributed by atoms with Crippen LogP contribution >= 0.6 is 0 Å². The fraction of sp³-hybridized carbons (Fsp3) is 0.643. The van der Waals surface area contributed by atoms with Gasteiger partial charge in [-0.15, -0.1) is 0 Å². The quantitative estimate of drug-likeness (QED) is 0.867. The average molecular weight is 249 g/mol. The highest BCUT2D eigenvalue weighted by atomic mass is 16.2. The SMILES string of the molecule is Cc1ccc2n1CCN(C(=O)[C@H](N)C(C)C)C2C. The number of aryl methyl sites for hydroxylation is 1. The van der Waals surface area contributed by atoms with E-state index in [0.29, 0.717) is 0 Å². The molecule has 0 saturated carbocycles. The molecule has 1 amide bonds. The van der Waals surface area contributed by atoms with Gasteiger partial charge >= 0.3 is 0 Å². The van der Waals surface area contributed by atoms with E-state index in [4.69, 9.17) is 5.73 Å². The van der Waals surface area contributed by atoms with E-state index in [-0.39, 0.29) is 17.9 Å². The summed E-state index contributed by atoms with van der Waals surface area (Å²) in [6.07, 6.45) is 0. The number of carbonyl (C=O) groups is 1. The molecule has 2 rings (SSSR count). The number of hydrogen-bond acceptors (Lipinski definition) is 2. The van der Waals surface area contributed by atoms with Crippen molar-refractivity contribution in [2.75, 3.05) is 6.54 Å². The fourth-order valence-corrected chi connectivity index (χ4v) is 2.60. The minimum Gasteiger partial charge on any atom is -0.345 e. The van der Waals surface area contributed by atoms with Crippen LogP contribution in [0.4, 0.5) is 0 Å². The molecule has 0 aromatic carbocycles. The molecule has 1 unspecified atom stereocenters. The highest BCUT2D eigenvalue weighted by Crippen LogP contribution is 2.27. The molecule has 0 fully saturated rings. The van der Waals surface area contributed by atoms with Crippen LogP contribution in [0, 0.1) is 12.8 Å². The monoisotopic (exact) mass is 249 g/mol.